The van der Waals surface area contributed by atoms with Crippen LogP contribution in [0.1, 0.15) is 37.5 Å². The van der Waals surface area contributed by atoms with Crippen molar-refractivity contribution >= 4 is 58.0 Å². The van der Waals surface area contributed by atoms with Crippen LogP contribution in [-0.4, -0.2) is 120 Å². The highest BCUT2D eigenvalue weighted by molar-refractivity contribution is 7.80. The largest absolute Gasteiger partial charge is 0.497 e. The van der Waals surface area contributed by atoms with Gasteiger partial charge in [-0.25, -0.2) is 0 Å². The summed E-state index contributed by atoms with van der Waals surface area (Å²) in [5.74, 6) is 0.644. The molecule has 0 unspecified atom stereocenters. The fourth-order valence-corrected chi connectivity index (χ4v) is 7.67. The summed E-state index contributed by atoms with van der Waals surface area (Å²) >= 11 is 11.9. The minimum absolute atomic E-state index is 0.179. The smallest absolute Gasteiger partial charge is 0.246 e. The second kappa shape index (κ2) is 18.1. The van der Waals surface area contributed by atoms with E-state index in [9.17, 15) is 19.2 Å². The van der Waals surface area contributed by atoms with Crippen LogP contribution in [0.15, 0.2) is 66.7 Å². The molecular weight excluding hydrogens is 753 g/mol. The average Bonchev–Trinajstić information content (AvgIpc) is 3.19. The van der Waals surface area contributed by atoms with E-state index >= 15 is 0 Å². The fraction of sp³-hybridized carbons (Fsp3) is 0.415. The Morgan fingerprint density at radius 3 is 1.88 bits per heavy atom. The number of hydrogen-bond donors (Lipinski definition) is 3. The predicted molar refractivity (Wildman–Crippen MR) is 221 cm³/mol. The van der Waals surface area contributed by atoms with Crippen LogP contribution in [0.2, 0.25) is 0 Å². The minimum Gasteiger partial charge on any atom is -0.497 e. The quantitative estimate of drug-likeness (QED) is 0.335. The van der Waals surface area contributed by atoms with Crippen LogP contribution in [0.4, 0.5) is 0 Å². The van der Waals surface area contributed by atoms with Crippen LogP contribution in [-0.2, 0) is 38.4 Å². The number of likely N-dealkylation sites (N-methyl/N-ethyl adjacent to an activating group) is 3. The first-order valence-corrected chi connectivity index (χ1v) is 19.2. The number of thiocarbonyl (C=S) groups is 2. The monoisotopic (exact) mass is 802 g/mol. The number of amides is 4. The summed E-state index contributed by atoms with van der Waals surface area (Å²) < 4.78 is 17.1. The SMILES string of the molecule is COc1ccc(C[C@H]2C(=S)N[C@@H](C)C(=O)N(C)[C@H]3Cc4ccc(cc4)Oc4cc(ccc4OC)C[C@@H](C(=S)N[C@H](C)C(=O)N[C@@H](C)C(=O)N2C)N(C)C3=O)cc1. The molecule has 0 aromatic heterocycles. The van der Waals surface area contributed by atoms with Gasteiger partial charge in [-0.05, 0) is 86.7 Å². The van der Waals surface area contributed by atoms with Crippen molar-refractivity contribution < 1.29 is 33.4 Å². The Labute approximate surface area is 339 Å². The highest BCUT2D eigenvalue weighted by Crippen LogP contribution is 2.34. The fourth-order valence-electron chi connectivity index (χ4n) is 6.83. The number of carbonyl (C=O) groups is 4. The van der Waals surface area contributed by atoms with Crippen molar-refractivity contribution in [2.45, 2.75) is 76.3 Å². The summed E-state index contributed by atoms with van der Waals surface area (Å²) in [6.45, 7) is 4.91. The van der Waals surface area contributed by atoms with Gasteiger partial charge in [0, 0.05) is 27.6 Å². The van der Waals surface area contributed by atoms with E-state index in [4.69, 9.17) is 38.6 Å². The maximum absolute atomic E-state index is 14.8. The standard InChI is InChI=1S/C41H50N6O7S2/c1-23-36(48)42-24(2)39(49)45(4)31(19-26-9-14-29(52-7)15-10-26)38(56)44-25(3)40(50)47(6)33-20-27-11-16-30(17-12-27)54-35-22-28(13-18-34(35)53-8)21-32(37(55)43-23)46(5)41(33)51/h9-18,22-25,31-33H,19-21H2,1-8H3,(H,42,48)(H,43,55)(H,44,56)/t23-,24+,25+,31+,32+,33+/m1/s1. The van der Waals surface area contributed by atoms with Crippen LogP contribution in [0.25, 0.3) is 0 Å². The van der Waals surface area contributed by atoms with Crippen molar-refractivity contribution in [3.8, 4) is 23.0 Å². The zero-order chi connectivity index (χ0) is 40.8. The molecule has 13 nitrogen and oxygen atoms in total. The van der Waals surface area contributed by atoms with E-state index in [1.165, 1.54) is 14.7 Å². The van der Waals surface area contributed by atoms with E-state index in [1.54, 1.807) is 62.2 Å². The molecule has 0 saturated carbocycles. The van der Waals surface area contributed by atoms with Gasteiger partial charge >= 0.3 is 0 Å². The van der Waals surface area contributed by atoms with Crippen molar-refractivity contribution in [1.29, 1.82) is 0 Å². The Hall–Kier alpha value is -5.28. The third-order valence-corrected chi connectivity index (χ3v) is 11.2. The summed E-state index contributed by atoms with van der Waals surface area (Å²) in [6, 6.07) is 15.1. The summed E-state index contributed by atoms with van der Waals surface area (Å²) in [7, 11) is 7.99. The van der Waals surface area contributed by atoms with E-state index in [-0.39, 0.29) is 40.5 Å². The van der Waals surface area contributed by atoms with Gasteiger partial charge in [0.15, 0.2) is 11.5 Å². The number of nitrogens with zero attached hydrogens (tertiary/aromatic N) is 3. The van der Waals surface area contributed by atoms with E-state index < -0.39 is 42.2 Å². The Balaban J connectivity index is 1.57. The number of hydrogen-bond acceptors (Lipinski definition) is 9. The van der Waals surface area contributed by atoms with Gasteiger partial charge in [-0.1, -0.05) is 54.8 Å². The lowest BCUT2D eigenvalue weighted by Gasteiger charge is -2.38. The topological polar surface area (TPSA) is 142 Å². The molecule has 56 heavy (non-hydrogen) atoms. The molecule has 0 radical (unpaired) electrons. The molecule has 3 aliphatic heterocycles. The number of fused-ring (bicyclic) bond motifs is 2. The van der Waals surface area contributed by atoms with Gasteiger partial charge in [0.1, 0.15) is 35.7 Å². The van der Waals surface area contributed by atoms with Gasteiger partial charge < -0.3 is 44.9 Å². The van der Waals surface area contributed by atoms with E-state index in [2.05, 4.69) is 16.0 Å². The van der Waals surface area contributed by atoms with E-state index in [0.717, 1.165) is 16.7 Å². The summed E-state index contributed by atoms with van der Waals surface area (Å²) in [6.07, 6.45) is 0.731. The van der Waals surface area contributed by atoms with Gasteiger partial charge in [0.25, 0.3) is 0 Å². The molecule has 3 aromatic rings. The zero-order valence-corrected chi connectivity index (χ0v) is 34.6. The van der Waals surface area contributed by atoms with E-state index in [1.807, 2.05) is 60.7 Å². The molecule has 15 heteroatoms. The average molecular weight is 803 g/mol. The second-order valence-corrected chi connectivity index (χ2v) is 15.2. The highest BCUT2D eigenvalue weighted by atomic mass is 32.1. The highest BCUT2D eigenvalue weighted by Gasteiger charge is 2.38. The molecule has 6 rings (SSSR count). The molecule has 3 N–H and O–H groups in total. The molecule has 1 fully saturated rings. The third-order valence-electron chi connectivity index (χ3n) is 10.4. The minimum atomic E-state index is -0.962. The molecule has 0 spiro atoms. The van der Waals surface area contributed by atoms with Gasteiger partial charge in [-0.3, -0.25) is 19.2 Å². The molecule has 6 bridgehead atoms. The molecule has 298 valence electrons. The van der Waals surface area contributed by atoms with Crippen LogP contribution in [0.3, 0.4) is 0 Å². The third kappa shape index (κ3) is 9.56. The zero-order valence-electron chi connectivity index (χ0n) is 33.0. The lowest BCUT2D eigenvalue weighted by atomic mass is 9.99. The van der Waals surface area contributed by atoms with Crippen molar-refractivity contribution in [1.82, 2.24) is 30.7 Å². The molecule has 3 heterocycles. The van der Waals surface area contributed by atoms with Crippen LogP contribution in [0, 0.1) is 0 Å². The van der Waals surface area contributed by atoms with Gasteiger partial charge in [0.05, 0.1) is 36.3 Å². The Morgan fingerprint density at radius 1 is 0.661 bits per heavy atom. The number of carbonyl (C=O) groups excluding carboxylic acids is 4. The number of benzene rings is 3. The number of nitrogens with one attached hydrogen (secondary N) is 3. The molecule has 1 saturated heterocycles. The molecular formula is C41H50N6O7S2. The number of rotatable bonds is 4. The van der Waals surface area contributed by atoms with Crippen molar-refractivity contribution in [3.63, 3.8) is 0 Å². The molecule has 4 amide bonds. The Morgan fingerprint density at radius 2 is 1.23 bits per heavy atom. The van der Waals surface area contributed by atoms with Crippen molar-refractivity contribution in [2.75, 3.05) is 35.4 Å². The lowest BCUT2D eigenvalue weighted by Crippen LogP contribution is -2.61. The predicted octanol–water partition coefficient (Wildman–Crippen LogP) is 3.45. The summed E-state index contributed by atoms with van der Waals surface area (Å²) in [5, 5.41) is 9.11. The Bertz CT molecular complexity index is 1960. The molecule has 0 aliphatic carbocycles. The van der Waals surface area contributed by atoms with Crippen LogP contribution >= 0.6 is 24.4 Å². The molecule has 6 atom stereocenters. The normalized spacial score (nSPS) is 24.3. The van der Waals surface area contributed by atoms with Crippen molar-refractivity contribution in [3.05, 3.63) is 83.4 Å². The first-order valence-electron chi connectivity index (χ1n) is 18.4. The van der Waals surface area contributed by atoms with Crippen LogP contribution < -0.4 is 30.2 Å². The number of methoxy groups -OCH3 is 2. The first kappa shape index (κ1) is 41.9. The first-order chi connectivity index (χ1) is 26.6. The second-order valence-electron chi connectivity index (χ2n) is 14.3. The van der Waals surface area contributed by atoms with Gasteiger partial charge in [0.2, 0.25) is 23.6 Å². The molecule has 3 aliphatic rings. The van der Waals surface area contributed by atoms with Gasteiger partial charge in [-0.2, -0.15) is 0 Å². The van der Waals surface area contributed by atoms with E-state index in [0.29, 0.717) is 29.4 Å². The van der Waals surface area contributed by atoms with Crippen LogP contribution in [0.5, 0.6) is 23.0 Å². The maximum atomic E-state index is 14.8. The van der Waals surface area contributed by atoms with Crippen molar-refractivity contribution in [2.24, 2.45) is 0 Å². The maximum Gasteiger partial charge on any atom is 0.246 e. The van der Waals surface area contributed by atoms with Gasteiger partial charge in [-0.15, -0.1) is 0 Å². The summed E-state index contributed by atoms with van der Waals surface area (Å²) in [4.78, 5) is 61.6. The Kier molecular flexibility index (Phi) is 13.5. The number of ether oxygens (including phenoxy) is 3. The lowest BCUT2D eigenvalue weighted by molar-refractivity contribution is -0.145. The molecule has 3 aromatic carbocycles. The summed E-state index contributed by atoms with van der Waals surface area (Å²) in [5.41, 5.74) is 2.43.